The third-order valence-corrected chi connectivity index (χ3v) is 12.6. The molecule has 0 unspecified atom stereocenters. The zero-order valence-electron chi connectivity index (χ0n) is 33.0. The molecule has 0 saturated carbocycles. The summed E-state index contributed by atoms with van der Waals surface area (Å²) in [5, 5.41) is 0. The van der Waals surface area contributed by atoms with Gasteiger partial charge in [0.15, 0.2) is 0 Å². The Balaban J connectivity index is 1.45. The highest BCUT2D eigenvalue weighted by molar-refractivity contribution is 7.89. The monoisotopic (exact) mass is 802 g/mol. The smallest absolute Gasteiger partial charge is 0.264 e. The van der Waals surface area contributed by atoms with E-state index in [1.165, 1.54) is 4.31 Å². The van der Waals surface area contributed by atoms with E-state index in [4.69, 9.17) is 27.9 Å². The van der Waals surface area contributed by atoms with Crippen LogP contribution in [0.3, 0.4) is 0 Å². The number of sulfonamides is 1. The summed E-state index contributed by atoms with van der Waals surface area (Å²) in [6.07, 6.45) is 1.18. The number of methoxy groups -OCH3 is 1. The predicted octanol–water partition coefficient (Wildman–Crippen LogP) is 6.06. The zero-order valence-corrected chi connectivity index (χ0v) is 34.6. The molecule has 2 heterocycles. The molecular weight excluding hydrogens is 745 g/mol. The first kappa shape index (κ1) is 43.1. The van der Waals surface area contributed by atoms with Crippen LogP contribution < -0.4 is 9.64 Å². The molecule has 2 aliphatic heterocycles. The summed E-state index contributed by atoms with van der Waals surface area (Å²) in [6.45, 7) is 12.2. The van der Waals surface area contributed by atoms with E-state index in [2.05, 4.69) is 23.1 Å². The van der Waals surface area contributed by atoms with E-state index < -0.39 is 38.4 Å². The van der Waals surface area contributed by atoms with Crippen LogP contribution >= 0.6 is 0 Å². The lowest BCUT2D eigenvalue weighted by Crippen LogP contribution is -2.53. The maximum absolute atomic E-state index is 14.4. The van der Waals surface area contributed by atoms with Crippen LogP contribution in [0.2, 0.25) is 0 Å². The summed E-state index contributed by atoms with van der Waals surface area (Å²) in [4.78, 5) is 2.47. The molecule has 0 aromatic heterocycles. The molecule has 304 valence electrons. The van der Waals surface area contributed by atoms with Crippen LogP contribution in [0.4, 0.5) is 5.69 Å². The van der Waals surface area contributed by atoms with E-state index in [0.29, 0.717) is 39.5 Å². The number of piperidine rings is 1. The van der Waals surface area contributed by atoms with Crippen LogP contribution in [0.5, 0.6) is 5.75 Å². The average Bonchev–Trinajstić information content (AvgIpc) is 3.14. The lowest BCUT2D eigenvalue weighted by Gasteiger charge is -2.44. The second kappa shape index (κ2) is 19.9. The standard InChI is InChI=1S/C41H58N2O10S2/c1-7-50-32(4)27-49-28-33-11-14-35(15-12-33)38-25-36(23-31(3)53-54(6,44)45)43(55(46,47)37-16-9-30(2)10-17-37)26-41(38)52-29-34-13-18-40-39(24-34)42(20-22-51-40)19-8-21-48-5/h9-18,24,31-32,36,38,41H,7-8,19-23,25-29H2,1-6H3/t31-,32+,36-,38+,41-/m0/s1. The van der Waals surface area contributed by atoms with Gasteiger partial charge in [0, 0.05) is 45.4 Å². The molecule has 0 radical (unpaired) electrons. The van der Waals surface area contributed by atoms with E-state index in [0.717, 1.165) is 59.5 Å². The topological polar surface area (TPSA) is 130 Å². The average molecular weight is 803 g/mol. The number of nitrogens with zero attached hydrogens (tertiary/aromatic N) is 2. The van der Waals surface area contributed by atoms with Gasteiger partial charge >= 0.3 is 0 Å². The Morgan fingerprint density at radius 3 is 2.35 bits per heavy atom. The summed E-state index contributed by atoms with van der Waals surface area (Å²) in [5.74, 6) is 0.613. The van der Waals surface area contributed by atoms with Gasteiger partial charge in [-0.05, 0) is 87.9 Å². The van der Waals surface area contributed by atoms with Gasteiger partial charge in [-0.1, -0.05) is 48.0 Å². The van der Waals surface area contributed by atoms with Crippen molar-refractivity contribution in [2.24, 2.45) is 0 Å². The molecule has 0 bridgehead atoms. The zero-order chi connectivity index (χ0) is 39.6. The fourth-order valence-corrected chi connectivity index (χ4v) is 9.72. The van der Waals surface area contributed by atoms with Crippen molar-refractivity contribution >= 4 is 25.8 Å². The van der Waals surface area contributed by atoms with Gasteiger partial charge in [0.1, 0.15) is 12.4 Å². The fourth-order valence-electron chi connectivity index (χ4n) is 7.39. The number of aryl methyl sites for hydroxylation is 1. The van der Waals surface area contributed by atoms with E-state index in [1.807, 2.05) is 45.0 Å². The number of benzene rings is 3. The molecule has 3 aromatic carbocycles. The van der Waals surface area contributed by atoms with Crippen LogP contribution in [-0.2, 0) is 56.5 Å². The molecule has 2 aliphatic rings. The lowest BCUT2D eigenvalue weighted by molar-refractivity contribution is -0.0243. The third kappa shape index (κ3) is 12.2. The Bertz CT molecular complexity index is 1870. The first-order valence-electron chi connectivity index (χ1n) is 19.1. The van der Waals surface area contributed by atoms with Crippen molar-refractivity contribution in [2.75, 3.05) is 64.3 Å². The third-order valence-electron chi connectivity index (χ3n) is 10.0. The normalized spacial score (nSPS) is 20.5. The Kier molecular flexibility index (Phi) is 15.6. The minimum Gasteiger partial charge on any atom is -0.490 e. The van der Waals surface area contributed by atoms with Gasteiger partial charge in [0.25, 0.3) is 10.1 Å². The first-order valence-corrected chi connectivity index (χ1v) is 22.4. The van der Waals surface area contributed by atoms with E-state index in [-0.39, 0.29) is 36.5 Å². The molecule has 1 fully saturated rings. The molecular formula is C41H58N2O10S2. The minimum absolute atomic E-state index is 0.00377. The maximum Gasteiger partial charge on any atom is 0.264 e. The van der Waals surface area contributed by atoms with Crippen LogP contribution in [0.1, 0.15) is 68.2 Å². The Morgan fingerprint density at radius 2 is 1.65 bits per heavy atom. The number of hydrogen-bond donors (Lipinski definition) is 0. The number of ether oxygens (including phenoxy) is 5. The highest BCUT2D eigenvalue weighted by atomic mass is 32.2. The molecule has 3 aromatic rings. The number of anilines is 1. The van der Waals surface area contributed by atoms with Crippen molar-refractivity contribution < 1.29 is 44.7 Å². The molecule has 5 rings (SSSR count). The molecule has 0 N–H and O–H groups in total. The van der Waals surface area contributed by atoms with Crippen LogP contribution in [0.25, 0.3) is 0 Å². The van der Waals surface area contributed by atoms with E-state index in [9.17, 15) is 16.8 Å². The van der Waals surface area contributed by atoms with E-state index in [1.54, 1.807) is 38.3 Å². The predicted molar refractivity (Wildman–Crippen MR) is 213 cm³/mol. The van der Waals surface area contributed by atoms with Crippen LogP contribution in [0.15, 0.2) is 71.6 Å². The van der Waals surface area contributed by atoms with Gasteiger partial charge in [-0.2, -0.15) is 12.7 Å². The second-order valence-electron chi connectivity index (χ2n) is 14.6. The Morgan fingerprint density at radius 1 is 0.927 bits per heavy atom. The summed E-state index contributed by atoms with van der Waals surface area (Å²) in [6, 6.07) is 20.4. The van der Waals surface area contributed by atoms with Gasteiger partial charge < -0.3 is 28.6 Å². The molecule has 1 saturated heterocycles. The fraction of sp³-hybridized carbons (Fsp3) is 0.561. The first-order chi connectivity index (χ1) is 26.3. The summed E-state index contributed by atoms with van der Waals surface area (Å²) in [5.41, 5.74) is 4.88. The second-order valence-corrected chi connectivity index (χ2v) is 18.1. The van der Waals surface area contributed by atoms with Crippen molar-refractivity contribution in [1.29, 1.82) is 0 Å². The quantitative estimate of drug-likeness (QED) is 0.0977. The summed E-state index contributed by atoms with van der Waals surface area (Å²) >= 11 is 0. The molecule has 0 amide bonds. The van der Waals surface area contributed by atoms with Gasteiger partial charge in [-0.25, -0.2) is 8.42 Å². The van der Waals surface area contributed by atoms with Gasteiger partial charge in [0.05, 0.1) is 61.5 Å². The van der Waals surface area contributed by atoms with E-state index >= 15 is 0 Å². The molecule has 0 aliphatic carbocycles. The molecule has 5 atom stereocenters. The molecule has 12 nitrogen and oxygen atoms in total. The largest absolute Gasteiger partial charge is 0.490 e. The summed E-state index contributed by atoms with van der Waals surface area (Å²) < 4.78 is 89.4. The van der Waals surface area contributed by atoms with Gasteiger partial charge in [0.2, 0.25) is 10.0 Å². The maximum atomic E-state index is 14.4. The molecule has 55 heavy (non-hydrogen) atoms. The highest BCUT2D eigenvalue weighted by Crippen LogP contribution is 2.40. The number of rotatable bonds is 20. The van der Waals surface area contributed by atoms with Crippen molar-refractivity contribution in [3.63, 3.8) is 0 Å². The van der Waals surface area contributed by atoms with Gasteiger partial charge in [-0.15, -0.1) is 0 Å². The SMILES string of the molecule is CCO[C@H](C)COCc1ccc([C@H]2C[C@H](C[C@H](C)OS(C)(=O)=O)N(S(=O)(=O)c3ccc(C)cc3)C[C@@H]2OCc2ccc3c(c2)N(CCCOC)CCO3)cc1. The van der Waals surface area contributed by atoms with Crippen LogP contribution in [-0.4, -0.2) is 105 Å². The number of hydrogen-bond acceptors (Lipinski definition) is 11. The minimum atomic E-state index is -4.01. The Labute approximate surface area is 328 Å². The molecule has 0 spiro atoms. The van der Waals surface area contributed by atoms with Crippen molar-refractivity contribution in [2.45, 2.75) is 95.3 Å². The van der Waals surface area contributed by atoms with Crippen LogP contribution in [0, 0.1) is 6.92 Å². The van der Waals surface area contributed by atoms with Crippen molar-refractivity contribution in [3.05, 3.63) is 89.0 Å². The Hall–Kier alpha value is -3.08. The summed E-state index contributed by atoms with van der Waals surface area (Å²) in [7, 11) is -6.08. The van der Waals surface area contributed by atoms with Gasteiger partial charge in [-0.3, -0.25) is 4.18 Å². The lowest BCUT2D eigenvalue weighted by atomic mass is 9.82. The molecule has 14 heteroatoms. The highest BCUT2D eigenvalue weighted by Gasteiger charge is 2.43. The number of fused-ring (bicyclic) bond motifs is 1. The van der Waals surface area contributed by atoms with Crippen molar-refractivity contribution in [3.8, 4) is 5.75 Å². The van der Waals surface area contributed by atoms with Crippen molar-refractivity contribution in [1.82, 2.24) is 4.31 Å².